The van der Waals surface area contributed by atoms with Gasteiger partial charge in [-0.25, -0.2) is 4.39 Å². The highest BCUT2D eigenvalue weighted by Gasteiger charge is 2.23. The van der Waals surface area contributed by atoms with Gasteiger partial charge in [0.1, 0.15) is 11.4 Å². The minimum absolute atomic E-state index is 0.159. The maximum Gasteiger partial charge on any atom is 0.285 e. The molecule has 1 aromatic carbocycles. The van der Waals surface area contributed by atoms with E-state index in [1.165, 1.54) is 0 Å². The predicted octanol–water partition coefficient (Wildman–Crippen LogP) is 2.45. The van der Waals surface area contributed by atoms with Crippen molar-refractivity contribution in [2.24, 2.45) is 7.05 Å². The smallest absolute Gasteiger partial charge is 0.285 e. The molecule has 7 nitrogen and oxygen atoms in total. The van der Waals surface area contributed by atoms with Crippen molar-refractivity contribution in [2.45, 2.75) is 33.2 Å². The molecule has 0 saturated carbocycles. The zero-order chi connectivity index (χ0) is 18.0. The number of nitrogens with one attached hydrogen (secondary N) is 1. The van der Waals surface area contributed by atoms with Crippen LogP contribution in [0.3, 0.4) is 0 Å². The lowest BCUT2D eigenvalue weighted by Crippen LogP contribution is -2.34. The van der Waals surface area contributed by atoms with Crippen molar-refractivity contribution < 1.29 is 14.1 Å². The molecule has 1 N–H and O–H groups in total. The molecule has 2 aromatic rings. The van der Waals surface area contributed by atoms with Gasteiger partial charge in [-0.05, 0) is 44.9 Å². The number of aromatic nitrogens is 2. The van der Waals surface area contributed by atoms with E-state index in [2.05, 4.69) is 10.4 Å². The molecule has 0 saturated heterocycles. The first kappa shape index (κ1) is 17.6. The first-order chi connectivity index (χ1) is 11.2. The summed E-state index contributed by atoms with van der Waals surface area (Å²) in [6, 6.07) is 2.64. The molecule has 0 bridgehead atoms. The molecule has 0 unspecified atom stereocenters. The van der Waals surface area contributed by atoms with Crippen LogP contribution in [0.2, 0.25) is 0 Å². The van der Waals surface area contributed by atoms with E-state index in [0.29, 0.717) is 6.42 Å². The molecule has 0 aliphatic rings. The SMILES string of the molecule is Cc1nn(C)c(C)c1C[C@H](C)NC(=O)c1ccc(F)cc1[N+](=O)[O-]. The van der Waals surface area contributed by atoms with Gasteiger partial charge in [0.2, 0.25) is 0 Å². The van der Waals surface area contributed by atoms with Crippen molar-refractivity contribution >= 4 is 11.6 Å². The number of hydrogen-bond acceptors (Lipinski definition) is 4. The number of rotatable bonds is 5. The quantitative estimate of drug-likeness (QED) is 0.672. The van der Waals surface area contributed by atoms with Crippen molar-refractivity contribution in [2.75, 3.05) is 0 Å². The largest absolute Gasteiger partial charge is 0.349 e. The van der Waals surface area contributed by atoms with Crippen molar-refractivity contribution in [3.8, 4) is 0 Å². The Morgan fingerprint density at radius 3 is 2.67 bits per heavy atom. The fourth-order valence-corrected chi connectivity index (χ4v) is 2.62. The van der Waals surface area contributed by atoms with E-state index >= 15 is 0 Å². The maximum absolute atomic E-state index is 13.2. The van der Waals surface area contributed by atoms with E-state index in [9.17, 15) is 19.3 Å². The summed E-state index contributed by atoms with van der Waals surface area (Å²) < 4.78 is 14.9. The molecule has 8 heteroatoms. The molecular formula is C16H19FN4O3. The van der Waals surface area contributed by atoms with Crippen LogP contribution in [0.4, 0.5) is 10.1 Å². The minimum atomic E-state index is -0.766. The molecule has 0 aliphatic heterocycles. The highest BCUT2D eigenvalue weighted by molar-refractivity contribution is 5.98. The molecule has 1 aromatic heterocycles. The van der Waals surface area contributed by atoms with Gasteiger partial charge in [-0.15, -0.1) is 0 Å². The van der Waals surface area contributed by atoms with Gasteiger partial charge in [-0.3, -0.25) is 19.6 Å². The summed E-state index contributed by atoms with van der Waals surface area (Å²) in [6.07, 6.45) is 0.548. The Kier molecular flexibility index (Phi) is 4.96. The normalized spacial score (nSPS) is 12.0. The van der Waals surface area contributed by atoms with Crippen molar-refractivity contribution in [1.29, 1.82) is 0 Å². The Morgan fingerprint density at radius 2 is 2.12 bits per heavy atom. The molecule has 1 atom stereocenters. The zero-order valence-corrected chi connectivity index (χ0v) is 14.0. The maximum atomic E-state index is 13.2. The summed E-state index contributed by atoms with van der Waals surface area (Å²) in [5.41, 5.74) is 2.20. The predicted molar refractivity (Wildman–Crippen MR) is 86.4 cm³/mol. The lowest BCUT2D eigenvalue weighted by Gasteiger charge is -2.14. The second-order valence-corrected chi connectivity index (χ2v) is 5.77. The minimum Gasteiger partial charge on any atom is -0.349 e. The molecule has 2 rings (SSSR count). The number of nitro benzene ring substituents is 1. The Bertz CT molecular complexity index is 801. The van der Waals surface area contributed by atoms with Gasteiger partial charge in [0.05, 0.1) is 16.7 Å². The van der Waals surface area contributed by atoms with E-state index in [4.69, 9.17) is 0 Å². The van der Waals surface area contributed by atoms with Crippen molar-refractivity contribution in [1.82, 2.24) is 15.1 Å². The third-order valence-corrected chi connectivity index (χ3v) is 3.95. The summed E-state index contributed by atoms with van der Waals surface area (Å²) in [6.45, 7) is 5.63. The number of carbonyl (C=O) groups is 1. The van der Waals surface area contributed by atoms with Gasteiger partial charge in [0, 0.05) is 18.8 Å². The molecule has 1 heterocycles. The number of carbonyl (C=O) groups excluding carboxylic acids is 1. The van der Waals surface area contributed by atoms with E-state index < -0.39 is 22.3 Å². The Morgan fingerprint density at radius 1 is 1.46 bits per heavy atom. The van der Waals surface area contributed by atoms with Crippen LogP contribution in [-0.2, 0) is 13.5 Å². The number of nitro groups is 1. The Balaban J connectivity index is 2.16. The molecule has 0 aliphatic carbocycles. The van der Waals surface area contributed by atoms with Gasteiger partial charge in [0.15, 0.2) is 0 Å². The Hall–Kier alpha value is -2.77. The van der Waals surface area contributed by atoms with Gasteiger partial charge < -0.3 is 5.32 Å². The van der Waals surface area contributed by atoms with Gasteiger partial charge in [-0.1, -0.05) is 0 Å². The third-order valence-electron chi connectivity index (χ3n) is 3.95. The average molecular weight is 334 g/mol. The number of amides is 1. The van der Waals surface area contributed by atoms with Crippen LogP contribution in [0.1, 0.15) is 34.2 Å². The van der Waals surface area contributed by atoms with E-state index in [1.807, 2.05) is 20.9 Å². The van der Waals surface area contributed by atoms with Crippen LogP contribution in [0, 0.1) is 29.8 Å². The second-order valence-electron chi connectivity index (χ2n) is 5.77. The molecule has 0 fully saturated rings. The zero-order valence-electron chi connectivity index (χ0n) is 14.0. The first-order valence-corrected chi connectivity index (χ1v) is 7.44. The third kappa shape index (κ3) is 3.58. The van der Waals surface area contributed by atoms with E-state index in [0.717, 1.165) is 35.2 Å². The van der Waals surface area contributed by atoms with Crippen LogP contribution in [0.25, 0.3) is 0 Å². The van der Waals surface area contributed by atoms with Gasteiger partial charge in [-0.2, -0.15) is 5.10 Å². The van der Waals surface area contributed by atoms with Gasteiger partial charge >= 0.3 is 0 Å². The average Bonchev–Trinajstić information content (AvgIpc) is 2.73. The van der Waals surface area contributed by atoms with Gasteiger partial charge in [0.25, 0.3) is 11.6 Å². The van der Waals surface area contributed by atoms with Crippen molar-refractivity contribution in [3.63, 3.8) is 0 Å². The lowest BCUT2D eigenvalue weighted by atomic mass is 10.0. The van der Waals surface area contributed by atoms with Crippen LogP contribution in [-0.4, -0.2) is 26.7 Å². The van der Waals surface area contributed by atoms with Crippen LogP contribution in [0.5, 0.6) is 0 Å². The standard InChI is InChI=1S/C16H19FN4O3/c1-9(7-14-10(2)19-20(4)11(14)3)18-16(22)13-6-5-12(17)8-15(13)21(23)24/h5-6,8-9H,7H2,1-4H3,(H,18,22)/t9-/m0/s1. The summed E-state index contributed by atoms with van der Waals surface area (Å²) in [7, 11) is 1.84. The van der Waals surface area contributed by atoms with Crippen LogP contribution >= 0.6 is 0 Å². The number of hydrogen-bond donors (Lipinski definition) is 1. The number of nitrogens with zero attached hydrogens (tertiary/aromatic N) is 3. The number of benzene rings is 1. The van der Waals surface area contributed by atoms with Crippen LogP contribution in [0.15, 0.2) is 18.2 Å². The molecule has 24 heavy (non-hydrogen) atoms. The summed E-state index contributed by atoms with van der Waals surface area (Å²) in [5, 5.41) is 18.0. The topological polar surface area (TPSA) is 90.1 Å². The lowest BCUT2D eigenvalue weighted by molar-refractivity contribution is -0.385. The fraction of sp³-hybridized carbons (Fsp3) is 0.375. The number of aryl methyl sites for hydroxylation is 2. The first-order valence-electron chi connectivity index (χ1n) is 7.44. The fourth-order valence-electron chi connectivity index (χ4n) is 2.62. The highest BCUT2D eigenvalue weighted by Crippen LogP contribution is 2.20. The monoisotopic (exact) mass is 334 g/mol. The van der Waals surface area contributed by atoms with E-state index in [1.54, 1.807) is 11.6 Å². The Labute approximate surface area is 138 Å². The summed E-state index contributed by atoms with van der Waals surface area (Å²) in [5.74, 6) is -1.36. The molecule has 128 valence electrons. The highest BCUT2D eigenvalue weighted by atomic mass is 19.1. The second kappa shape index (κ2) is 6.77. The number of halogens is 1. The summed E-state index contributed by atoms with van der Waals surface area (Å²) >= 11 is 0. The molecule has 1 amide bonds. The van der Waals surface area contributed by atoms with Crippen molar-refractivity contribution in [3.05, 3.63) is 56.6 Å². The molecule has 0 spiro atoms. The molecular weight excluding hydrogens is 315 g/mol. The van der Waals surface area contributed by atoms with Crippen LogP contribution < -0.4 is 5.32 Å². The molecule has 0 radical (unpaired) electrons. The summed E-state index contributed by atoms with van der Waals surface area (Å²) in [4.78, 5) is 22.5. The van der Waals surface area contributed by atoms with E-state index in [-0.39, 0.29) is 11.6 Å².